The molecular weight excluding hydrogens is 144 g/mol. The van der Waals surface area contributed by atoms with Gasteiger partial charge < -0.3 is 0 Å². The maximum Gasteiger partial charge on any atom is -0.0295 e. The van der Waals surface area contributed by atoms with E-state index in [1.165, 1.54) is 32.1 Å². The van der Waals surface area contributed by atoms with E-state index in [1.54, 1.807) is 5.57 Å². The van der Waals surface area contributed by atoms with Crippen LogP contribution >= 0.6 is 0 Å². The normalized spacial score (nSPS) is 14.8. The third-order valence-electron chi connectivity index (χ3n) is 2.34. The van der Waals surface area contributed by atoms with E-state index in [2.05, 4.69) is 33.8 Å². The van der Waals surface area contributed by atoms with Crippen molar-refractivity contribution in [1.82, 2.24) is 0 Å². The van der Waals surface area contributed by atoms with Crippen molar-refractivity contribution in [2.75, 3.05) is 0 Å². The van der Waals surface area contributed by atoms with E-state index in [-0.39, 0.29) is 0 Å². The van der Waals surface area contributed by atoms with Crippen LogP contribution in [0.3, 0.4) is 0 Å². The number of hydrogen-bond acceptors (Lipinski definition) is 0. The fourth-order valence-corrected chi connectivity index (χ4v) is 1.70. The highest BCUT2D eigenvalue weighted by Crippen LogP contribution is 2.18. The first-order valence-electron chi connectivity index (χ1n) is 5.42. The van der Waals surface area contributed by atoms with E-state index in [4.69, 9.17) is 0 Å². The molecule has 0 saturated heterocycles. The Morgan fingerprint density at radius 3 is 2.33 bits per heavy atom. The zero-order chi connectivity index (χ0) is 9.40. The lowest BCUT2D eigenvalue weighted by atomic mass is 9.95. The van der Waals surface area contributed by atoms with E-state index in [9.17, 15) is 0 Å². The third-order valence-corrected chi connectivity index (χ3v) is 2.34. The lowest BCUT2D eigenvalue weighted by Gasteiger charge is -2.11. The molecule has 0 aromatic rings. The summed E-state index contributed by atoms with van der Waals surface area (Å²) in [7, 11) is 0. The molecule has 0 aliphatic heterocycles. The predicted molar refractivity (Wildman–Crippen MR) is 57.4 cm³/mol. The van der Waals surface area contributed by atoms with Gasteiger partial charge in [-0.05, 0) is 25.2 Å². The average Bonchev–Trinajstić information content (AvgIpc) is 2.04. The molecule has 72 valence electrons. The van der Waals surface area contributed by atoms with Gasteiger partial charge in [-0.15, -0.1) is 0 Å². The first-order chi connectivity index (χ1) is 5.74. The van der Waals surface area contributed by atoms with Crippen LogP contribution in [0.15, 0.2) is 11.6 Å². The highest BCUT2D eigenvalue weighted by molar-refractivity contribution is 5.01. The first kappa shape index (κ1) is 11.7. The summed E-state index contributed by atoms with van der Waals surface area (Å²) in [6.07, 6.45) is 8.85. The van der Waals surface area contributed by atoms with Crippen molar-refractivity contribution >= 4 is 0 Å². The van der Waals surface area contributed by atoms with Gasteiger partial charge in [0.25, 0.3) is 0 Å². The second-order valence-corrected chi connectivity index (χ2v) is 3.72. The topological polar surface area (TPSA) is 0 Å². The summed E-state index contributed by atoms with van der Waals surface area (Å²) in [5.41, 5.74) is 1.65. The van der Waals surface area contributed by atoms with Gasteiger partial charge in [-0.25, -0.2) is 0 Å². The standard InChI is InChI=1S/C12H24/c1-5-8-11(4)10-12(7-3)9-6-2/h9,11H,5-8,10H2,1-4H3. The molecule has 0 radical (unpaired) electrons. The quantitative estimate of drug-likeness (QED) is 0.510. The second kappa shape index (κ2) is 7.39. The number of rotatable bonds is 6. The van der Waals surface area contributed by atoms with Crippen LogP contribution in [0.25, 0.3) is 0 Å². The summed E-state index contributed by atoms with van der Waals surface area (Å²) in [5.74, 6) is 0.882. The predicted octanol–water partition coefficient (Wildman–Crippen LogP) is 4.56. The van der Waals surface area contributed by atoms with Gasteiger partial charge in [0.2, 0.25) is 0 Å². The van der Waals surface area contributed by atoms with Gasteiger partial charge >= 0.3 is 0 Å². The highest BCUT2D eigenvalue weighted by Gasteiger charge is 2.02. The van der Waals surface area contributed by atoms with Crippen molar-refractivity contribution in [2.45, 2.75) is 59.8 Å². The monoisotopic (exact) mass is 168 g/mol. The van der Waals surface area contributed by atoms with Gasteiger partial charge in [0.05, 0.1) is 0 Å². The minimum Gasteiger partial charge on any atom is -0.0856 e. The molecule has 0 aliphatic rings. The molecule has 0 amide bonds. The maximum atomic E-state index is 2.40. The van der Waals surface area contributed by atoms with E-state index < -0.39 is 0 Å². The van der Waals surface area contributed by atoms with E-state index in [1.807, 2.05) is 0 Å². The molecule has 0 nitrogen and oxygen atoms in total. The summed E-state index contributed by atoms with van der Waals surface area (Å²) in [4.78, 5) is 0. The Kier molecular flexibility index (Phi) is 7.23. The van der Waals surface area contributed by atoms with E-state index >= 15 is 0 Å². The molecule has 0 heterocycles. The van der Waals surface area contributed by atoms with Crippen molar-refractivity contribution in [3.63, 3.8) is 0 Å². The SMILES string of the molecule is CCC=C(CC)CC(C)CCC. The molecular formula is C12H24. The van der Waals surface area contributed by atoms with Crippen LogP contribution in [-0.2, 0) is 0 Å². The van der Waals surface area contributed by atoms with Crippen molar-refractivity contribution < 1.29 is 0 Å². The molecule has 0 spiro atoms. The Morgan fingerprint density at radius 2 is 1.92 bits per heavy atom. The molecule has 0 aliphatic carbocycles. The summed E-state index contributed by atoms with van der Waals surface area (Å²) in [5, 5.41) is 0. The Morgan fingerprint density at radius 1 is 1.25 bits per heavy atom. The molecule has 1 unspecified atom stereocenters. The molecule has 0 saturated carbocycles. The van der Waals surface area contributed by atoms with Crippen LogP contribution in [0.1, 0.15) is 59.8 Å². The molecule has 0 rings (SSSR count). The molecule has 0 N–H and O–H groups in total. The van der Waals surface area contributed by atoms with Gasteiger partial charge in [-0.1, -0.05) is 52.2 Å². The maximum absolute atomic E-state index is 2.40. The lowest BCUT2D eigenvalue weighted by molar-refractivity contribution is 0.514. The van der Waals surface area contributed by atoms with E-state index in [0.717, 1.165) is 5.92 Å². The van der Waals surface area contributed by atoms with Gasteiger partial charge in [0.15, 0.2) is 0 Å². The summed E-state index contributed by atoms with van der Waals surface area (Å²) < 4.78 is 0. The van der Waals surface area contributed by atoms with Gasteiger partial charge in [0.1, 0.15) is 0 Å². The molecule has 0 aromatic carbocycles. The Balaban J connectivity index is 3.77. The van der Waals surface area contributed by atoms with Gasteiger partial charge in [0, 0.05) is 0 Å². The lowest BCUT2D eigenvalue weighted by Crippen LogP contribution is -1.96. The van der Waals surface area contributed by atoms with Crippen molar-refractivity contribution in [2.24, 2.45) is 5.92 Å². The smallest absolute Gasteiger partial charge is 0.0295 e. The summed E-state index contributed by atoms with van der Waals surface area (Å²) in [6.45, 7) is 9.12. The average molecular weight is 168 g/mol. The van der Waals surface area contributed by atoms with E-state index in [0.29, 0.717) is 0 Å². The summed E-state index contributed by atoms with van der Waals surface area (Å²) in [6, 6.07) is 0. The van der Waals surface area contributed by atoms with Gasteiger partial charge in [-0.3, -0.25) is 0 Å². The molecule has 12 heavy (non-hydrogen) atoms. The first-order valence-corrected chi connectivity index (χ1v) is 5.42. The van der Waals surface area contributed by atoms with Crippen LogP contribution in [0, 0.1) is 5.92 Å². The molecule has 0 heteroatoms. The number of allylic oxidation sites excluding steroid dienone is 2. The third kappa shape index (κ3) is 5.40. The zero-order valence-electron chi connectivity index (χ0n) is 9.19. The van der Waals surface area contributed by atoms with Crippen molar-refractivity contribution in [3.05, 3.63) is 11.6 Å². The molecule has 0 fully saturated rings. The fraction of sp³-hybridized carbons (Fsp3) is 0.833. The minimum absolute atomic E-state index is 0.882. The van der Waals surface area contributed by atoms with Gasteiger partial charge in [-0.2, -0.15) is 0 Å². The van der Waals surface area contributed by atoms with Crippen molar-refractivity contribution in [3.8, 4) is 0 Å². The van der Waals surface area contributed by atoms with Crippen LogP contribution in [0.2, 0.25) is 0 Å². The summed E-state index contributed by atoms with van der Waals surface area (Å²) >= 11 is 0. The Bertz CT molecular complexity index is 122. The number of hydrogen-bond donors (Lipinski definition) is 0. The Hall–Kier alpha value is -0.260. The van der Waals surface area contributed by atoms with Crippen LogP contribution < -0.4 is 0 Å². The molecule has 1 atom stereocenters. The van der Waals surface area contributed by atoms with Crippen LogP contribution in [0.4, 0.5) is 0 Å². The van der Waals surface area contributed by atoms with Crippen LogP contribution in [-0.4, -0.2) is 0 Å². The molecule has 0 aromatic heterocycles. The minimum atomic E-state index is 0.882. The van der Waals surface area contributed by atoms with Crippen LogP contribution in [0.5, 0.6) is 0 Å². The van der Waals surface area contributed by atoms with Crippen molar-refractivity contribution in [1.29, 1.82) is 0 Å². The molecule has 0 bridgehead atoms. The zero-order valence-corrected chi connectivity index (χ0v) is 9.19. The highest BCUT2D eigenvalue weighted by atomic mass is 14.1. The Labute approximate surface area is 78.1 Å². The fourth-order valence-electron chi connectivity index (χ4n) is 1.70. The second-order valence-electron chi connectivity index (χ2n) is 3.72. The largest absolute Gasteiger partial charge is 0.0856 e.